The molecular formula is C16H24F2N4O4S. The topological polar surface area (TPSA) is 84.7 Å². The molecular weight excluding hydrogens is 382 g/mol. The van der Waals surface area contributed by atoms with Crippen molar-refractivity contribution in [2.24, 2.45) is 0 Å². The molecule has 0 spiro atoms. The third-order valence-corrected chi connectivity index (χ3v) is 7.24. The molecule has 0 bridgehead atoms. The van der Waals surface area contributed by atoms with Crippen molar-refractivity contribution in [2.75, 3.05) is 26.3 Å². The lowest BCUT2D eigenvalue weighted by molar-refractivity contribution is -0.135. The summed E-state index contributed by atoms with van der Waals surface area (Å²) in [6, 6.07) is -0.196. The second kappa shape index (κ2) is 7.80. The summed E-state index contributed by atoms with van der Waals surface area (Å²) in [5.41, 5.74) is -0.0960. The molecule has 2 saturated heterocycles. The Morgan fingerprint density at radius 3 is 2.52 bits per heavy atom. The summed E-state index contributed by atoms with van der Waals surface area (Å²) in [6.07, 6.45) is 2.93. The summed E-state index contributed by atoms with van der Waals surface area (Å²) >= 11 is 0. The Kier molecular flexibility index (Phi) is 5.82. The number of rotatable bonds is 5. The van der Waals surface area contributed by atoms with Crippen LogP contribution in [-0.2, 0) is 19.6 Å². The standard InChI is InChI=1S/C16H24F2N4O4S/c1-11-15(9-19-22(11)16(17)18)27(24,25)20-6-3-14(10-20)21(12(2)23)13-4-7-26-8-5-13/h9,13-14,16H,3-8,10H2,1-2H3. The third-order valence-electron chi connectivity index (χ3n) is 5.27. The van der Waals surface area contributed by atoms with Crippen LogP contribution in [0.3, 0.4) is 0 Å². The van der Waals surface area contributed by atoms with Gasteiger partial charge >= 0.3 is 6.55 Å². The van der Waals surface area contributed by atoms with Crippen LogP contribution in [0.15, 0.2) is 11.1 Å². The van der Waals surface area contributed by atoms with Crippen LogP contribution in [0.25, 0.3) is 0 Å². The van der Waals surface area contributed by atoms with E-state index >= 15 is 0 Å². The minimum Gasteiger partial charge on any atom is -0.381 e. The van der Waals surface area contributed by atoms with Crippen LogP contribution in [0.4, 0.5) is 8.78 Å². The zero-order valence-electron chi connectivity index (χ0n) is 15.3. The van der Waals surface area contributed by atoms with Crippen LogP contribution in [0.5, 0.6) is 0 Å². The molecule has 3 heterocycles. The van der Waals surface area contributed by atoms with Gasteiger partial charge in [-0.3, -0.25) is 4.79 Å². The SMILES string of the molecule is CC(=O)N(C1CCOCC1)C1CCN(S(=O)(=O)c2cnn(C(F)F)c2C)C1. The molecule has 152 valence electrons. The van der Waals surface area contributed by atoms with Crippen molar-refractivity contribution >= 4 is 15.9 Å². The molecule has 0 N–H and O–H groups in total. The third kappa shape index (κ3) is 3.85. The first-order chi connectivity index (χ1) is 12.7. The van der Waals surface area contributed by atoms with E-state index in [1.54, 1.807) is 4.90 Å². The van der Waals surface area contributed by atoms with Gasteiger partial charge in [0.15, 0.2) is 0 Å². The first-order valence-electron chi connectivity index (χ1n) is 8.92. The predicted molar refractivity (Wildman–Crippen MR) is 91.7 cm³/mol. The lowest BCUT2D eigenvalue weighted by Gasteiger charge is -2.37. The Morgan fingerprint density at radius 2 is 1.96 bits per heavy atom. The molecule has 2 aliphatic rings. The second-order valence-corrected chi connectivity index (χ2v) is 8.80. The van der Waals surface area contributed by atoms with Gasteiger partial charge in [-0.15, -0.1) is 0 Å². The fourth-order valence-electron chi connectivity index (χ4n) is 3.93. The van der Waals surface area contributed by atoms with Gasteiger partial charge in [-0.05, 0) is 26.2 Å². The number of aromatic nitrogens is 2. The van der Waals surface area contributed by atoms with E-state index in [1.165, 1.54) is 18.2 Å². The number of ether oxygens (including phenoxy) is 1. The number of amides is 1. The molecule has 0 saturated carbocycles. The molecule has 1 amide bonds. The normalized spacial score (nSPS) is 22.5. The molecule has 2 fully saturated rings. The summed E-state index contributed by atoms with van der Waals surface area (Å²) in [7, 11) is -3.95. The van der Waals surface area contributed by atoms with Crippen LogP contribution in [-0.4, -0.2) is 71.7 Å². The van der Waals surface area contributed by atoms with Crippen LogP contribution >= 0.6 is 0 Å². The van der Waals surface area contributed by atoms with E-state index in [1.807, 2.05) is 0 Å². The van der Waals surface area contributed by atoms with Crippen molar-refractivity contribution < 1.29 is 26.7 Å². The van der Waals surface area contributed by atoms with Crippen molar-refractivity contribution in [3.05, 3.63) is 11.9 Å². The summed E-state index contributed by atoms with van der Waals surface area (Å²) in [4.78, 5) is 13.8. The van der Waals surface area contributed by atoms with Crippen molar-refractivity contribution in [1.82, 2.24) is 19.0 Å². The number of nitrogens with zero attached hydrogens (tertiary/aromatic N) is 4. The van der Waals surface area contributed by atoms with Crippen molar-refractivity contribution in [2.45, 2.75) is 56.6 Å². The number of hydrogen-bond acceptors (Lipinski definition) is 5. The zero-order valence-corrected chi connectivity index (χ0v) is 16.2. The van der Waals surface area contributed by atoms with Crippen molar-refractivity contribution in [3.63, 3.8) is 0 Å². The van der Waals surface area contributed by atoms with Crippen LogP contribution in [0.2, 0.25) is 0 Å². The number of carbonyl (C=O) groups is 1. The van der Waals surface area contributed by atoms with Gasteiger partial charge in [0.1, 0.15) is 4.90 Å². The lowest BCUT2D eigenvalue weighted by Crippen LogP contribution is -2.49. The van der Waals surface area contributed by atoms with Gasteiger partial charge in [-0.1, -0.05) is 0 Å². The van der Waals surface area contributed by atoms with Crippen LogP contribution in [0.1, 0.15) is 38.4 Å². The van der Waals surface area contributed by atoms with Crippen molar-refractivity contribution in [3.8, 4) is 0 Å². The minimum atomic E-state index is -3.95. The van der Waals surface area contributed by atoms with Gasteiger partial charge in [0.2, 0.25) is 15.9 Å². The average molecular weight is 406 g/mol. The van der Waals surface area contributed by atoms with Gasteiger partial charge in [0, 0.05) is 45.3 Å². The van der Waals surface area contributed by atoms with E-state index in [0.717, 1.165) is 19.0 Å². The molecule has 2 aliphatic heterocycles. The largest absolute Gasteiger partial charge is 0.381 e. The summed E-state index contributed by atoms with van der Waals surface area (Å²) in [5.74, 6) is -0.0900. The first kappa shape index (κ1) is 20.2. The fraction of sp³-hybridized carbons (Fsp3) is 0.750. The average Bonchev–Trinajstić information content (AvgIpc) is 3.23. The number of carbonyl (C=O) groups excluding carboxylic acids is 1. The Bertz CT molecular complexity index is 792. The Labute approximate surface area is 157 Å². The Balaban J connectivity index is 1.78. The maximum atomic E-state index is 12.9. The second-order valence-electron chi connectivity index (χ2n) is 6.89. The van der Waals surface area contributed by atoms with Gasteiger partial charge in [-0.2, -0.15) is 18.2 Å². The molecule has 3 rings (SSSR count). The predicted octanol–water partition coefficient (Wildman–Crippen LogP) is 1.38. The smallest absolute Gasteiger partial charge is 0.333 e. The molecule has 0 aromatic carbocycles. The number of hydrogen-bond donors (Lipinski definition) is 0. The Hall–Kier alpha value is -1.59. The number of halogens is 2. The highest BCUT2D eigenvalue weighted by Crippen LogP contribution is 2.29. The molecule has 0 aliphatic carbocycles. The highest BCUT2D eigenvalue weighted by Gasteiger charge is 2.40. The first-order valence-corrected chi connectivity index (χ1v) is 10.4. The molecule has 11 heteroatoms. The molecule has 8 nitrogen and oxygen atoms in total. The lowest BCUT2D eigenvalue weighted by atomic mass is 10.0. The summed E-state index contributed by atoms with van der Waals surface area (Å²) in [6.45, 7) is 1.44. The summed E-state index contributed by atoms with van der Waals surface area (Å²) in [5, 5.41) is 3.49. The van der Waals surface area contributed by atoms with E-state index in [0.29, 0.717) is 24.3 Å². The molecule has 1 aromatic heterocycles. The van der Waals surface area contributed by atoms with Gasteiger partial charge in [0.25, 0.3) is 0 Å². The quantitative estimate of drug-likeness (QED) is 0.738. The van der Waals surface area contributed by atoms with E-state index in [-0.39, 0.29) is 41.7 Å². The van der Waals surface area contributed by atoms with E-state index < -0.39 is 16.6 Å². The van der Waals surface area contributed by atoms with E-state index in [9.17, 15) is 22.0 Å². The van der Waals surface area contributed by atoms with E-state index in [4.69, 9.17) is 4.74 Å². The fourth-order valence-corrected chi connectivity index (χ4v) is 5.57. The number of alkyl halides is 2. The minimum absolute atomic E-state index is 0.0345. The zero-order chi connectivity index (χ0) is 19.8. The molecule has 27 heavy (non-hydrogen) atoms. The highest BCUT2D eigenvalue weighted by atomic mass is 32.2. The Morgan fingerprint density at radius 1 is 1.30 bits per heavy atom. The highest BCUT2D eigenvalue weighted by molar-refractivity contribution is 7.89. The maximum Gasteiger partial charge on any atom is 0.333 e. The van der Waals surface area contributed by atoms with Gasteiger partial charge in [0.05, 0.1) is 11.9 Å². The molecule has 1 atom stereocenters. The monoisotopic (exact) mass is 406 g/mol. The van der Waals surface area contributed by atoms with Gasteiger partial charge < -0.3 is 9.64 Å². The van der Waals surface area contributed by atoms with E-state index in [2.05, 4.69) is 5.10 Å². The maximum absolute atomic E-state index is 12.9. The number of sulfonamides is 1. The van der Waals surface area contributed by atoms with Gasteiger partial charge in [-0.25, -0.2) is 13.1 Å². The van der Waals surface area contributed by atoms with Crippen molar-refractivity contribution in [1.29, 1.82) is 0 Å². The summed E-state index contributed by atoms with van der Waals surface area (Å²) < 4.78 is 58.6. The molecule has 1 aromatic rings. The molecule has 1 unspecified atom stereocenters. The van der Waals surface area contributed by atoms with Crippen LogP contribution in [0, 0.1) is 6.92 Å². The molecule has 0 radical (unpaired) electrons. The van der Waals surface area contributed by atoms with Crippen LogP contribution < -0.4 is 0 Å².